The Balaban J connectivity index is 1.35. The van der Waals surface area contributed by atoms with Gasteiger partial charge in [0.05, 0.1) is 28.1 Å². The zero-order valence-electron chi connectivity index (χ0n) is 23.7. The average molecular weight is 564 g/mol. The maximum atomic E-state index is 6.65. The molecular weight excluding hydrogens is 538 g/mol. The van der Waals surface area contributed by atoms with Crippen LogP contribution < -0.4 is 5.32 Å². The van der Waals surface area contributed by atoms with Gasteiger partial charge in [-0.3, -0.25) is 0 Å². The molecule has 0 spiro atoms. The van der Waals surface area contributed by atoms with Crippen LogP contribution in [0.1, 0.15) is 11.7 Å². The van der Waals surface area contributed by atoms with Gasteiger partial charge in [-0.2, -0.15) is 0 Å². The molecule has 0 amide bonds. The summed E-state index contributed by atoms with van der Waals surface area (Å²) in [7, 11) is 0. The van der Waals surface area contributed by atoms with Crippen molar-refractivity contribution in [1.29, 1.82) is 0 Å². The van der Waals surface area contributed by atoms with Crippen molar-refractivity contribution in [3.63, 3.8) is 0 Å². The zero-order chi connectivity index (χ0) is 28.8. The predicted octanol–water partition coefficient (Wildman–Crippen LogP) is 10.7. The van der Waals surface area contributed by atoms with Gasteiger partial charge in [0.1, 0.15) is 17.3 Å². The first-order valence-electron chi connectivity index (χ1n) is 15.0. The highest BCUT2D eigenvalue weighted by atomic mass is 16.3. The van der Waals surface area contributed by atoms with Crippen molar-refractivity contribution in [3.05, 3.63) is 145 Å². The van der Waals surface area contributed by atoms with E-state index < -0.39 is 0 Å². The van der Waals surface area contributed by atoms with Gasteiger partial charge >= 0.3 is 0 Å². The molecule has 0 fully saturated rings. The van der Waals surface area contributed by atoms with Crippen molar-refractivity contribution in [3.8, 4) is 11.1 Å². The van der Waals surface area contributed by atoms with Crippen LogP contribution in [0.4, 0.5) is 11.4 Å². The van der Waals surface area contributed by atoms with Crippen molar-refractivity contribution in [2.75, 3.05) is 5.32 Å². The average Bonchev–Trinajstić information content (AvgIpc) is 3.34. The molecule has 7 aromatic carbocycles. The minimum Gasteiger partial charge on any atom is -0.456 e. The fourth-order valence-corrected chi connectivity index (χ4v) is 7.34. The number of fused-ring (bicyclic) bond motifs is 1. The van der Waals surface area contributed by atoms with Crippen molar-refractivity contribution in [2.45, 2.75) is 6.17 Å². The topological polar surface area (TPSA) is 42.5 Å². The van der Waals surface area contributed by atoms with E-state index in [-0.39, 0.29) is 6.17 Å². The molecule has 1 unspecified atom stereocenters. The third-order valence-electron chi connectivity index (χ3n) is 9.20. The molecule has 44 heavy (non-hydrogen) atoms. The van der Waals surface area contributed by atoms with Crippen LogP contribution in [-0.2, 0) is 0 Å². The molecule has 4 nitrogen and oxygen atoms in total. The van der Waals surface area contributed by atoms with Gasteiger partial charge in [0.2, 0.25) is 0 Å². The summed E-state index contributed by atoms with van der Waals surface area (Å²) >= 11 is 0. The van der Waals surface area contributed by atoms with Crippen LogP contribution in [0.3, 0.4) is 0 Å². The summed E-state index contributed by atoms with van der Waals surface area (Å²) < 4.78 is 9.11. The maximum absolute atomic E-state index is 6.65. The van der Waals surface area contributed by atoms with E-state index >= 15 is 0 Å². The van der Waals surface area contributed by atoms with Crippen molar-refractivity contribution >= 4 is 71.6 Å². The Morgan fingerprint density at radius 1 is 0.523 bits per heavy atom. The lowest BCUT2D eigenvalue weighted by molar-refractivity contribution is 0.664. The number of para-hydroxylation sites is 2. The van der Waals surface area contributed by atoms with Gasteiger partial charge in [-0.05, 0) is 58.3 Å². The van der Waals surface area contributed by atoms with Crippen LogP contribution in [0.25, 0.3) is 65.6 Å². The Morgan fingerprint density at radius 3 is 1.84 bits per heavy atom. The predicted molar refractivity (Wildman–Crippen MR) is 183 cm³/mol. The molecule has 0 aliphatic carbocycles. The number of hydrogen-bond donors (Lipinski definition) is 1. The molecule has 3 heterocycles. The third-order valence-corrected chi connectivity index (χ3v) is 9.20. The highest BCUT2D eigenvalue weighted by molar-refractivity contribution is 6.33. The fourth-order valence-electron chi connectivity index (χ4n) is 7.34. The number of anilines is 1. The third kappa shape index (κ3) is 3.20. The van der Waals surface area contributed by atoms with Crippen LogP contribution in [0, 0.1) is 0 Å². The number of hydrogen-bond acceptors (Lipinski definition) is 3. The normalized spacial score (nSPS) is 14.9. The first-order chi connectivity index (χ1) is 21.8. The quantitative estimate of drug-likeness (QED) is 0.232. The van der Waals surface area contributed by atoms with Gasteiger partial charge in [-0.1, -0.05) is 103 Å². The summed E-state index contributed by atoms with van der Waals surface area (Å²) in [6, 6.07) is 49.3. The number of nitrogens with zero attached hydrogens (tertiary/aromatic N) is 2. The van der Waals surface area contributed by atoms with E-state index in [1.807, 2.05) is 0 Å². The van der Waals surface area contributed by atoms with Crippen molar-refractivity contribution < 1.29 is 4.42 Å². The lowest BCUT2D eigenvalue weighted by atomic mass is 9.94. The molecule has 2 aromatic heterocycles. The van der Waals surface area contributed by atoms with Crippen molar-refractivity contribution in [2.24, 2.45) is 4.99 Å². The van der Waals surface area contributed by atoms with E-state index in [0.717, 1.165) is 61.2 Å². The second-order valence-electron chi connectivity index (χ2n) is 11.6. The molecule has 1 aliphatic rings. The Kier molecular flexibility index (Phi) is 4.74. The van der Waals surface area contributed by atoms with Crippen LogP contribution in [0.15, 0.2) is 149 Å². The summed E-state index contributed by atoms with van der Waals surface area (Å²) in [5.74, 6) is 0. The monoisotopic (exact) mass is 563 g/mol. The van der Waals surface area contributed by atoms with E-state index in [4.69, 9.17) is 9.41 Å². The Labute approximate surface area is 252 Å². The van der Waals surface area contributed by atoms with Gasteiger partial charge in [0.25, 0.3) is 0 Å². The molecule has 0 saturated carbocycles. The van der Waals surface area contributed by atoms with E-state index in [1.165, 1.54) is 27.1 Å². The SMILES string of the molecule is c1ccc(-c2ccccc2C2=Nc3ccccc3NC2n2c3ccc4cccc5oc6cccc7ccc2c(c76)c3c45)cc1. The maximum Gasteiger partial charge on any atom is 0.148 e. The first kappa shape index (κ1) is 23.7. The Hall–Kier alpha value is -5.87. The summed E-state index contributed by atoms with van der Waals surface area (Å²) in [4.78, 5) is 5.42. The Bertz CT molecular complexity index is 2490. The largest absolute Gasteiger partial charge is 0.456 e. The number of nitrogens with one attached hydrogen (secondary N) is 1. The Morgan fingerprint density at radius 2 is 1.14 bits per heavy atom. The van der Waals surface area contributed by atoms with E-state index in [2.05, 4.69) is 149 Å². The number of aromatic nitrogens is 1. The molecule has 4 heteroatoms. The molecular formula is C40H25N3O. The van der Waals surface area contributed by atoms with E-state index in [0.29, 0.717) is 0 Å². The van der Waals surface area contributed by atoms with Gasteiger partial charge in [-0.25, -0.2) is 4.99 Å². The van der Waals surface area contributed by atoms with E-state index in [9.17, 15) is 0 Å². The number of benzene rings is 7. The molecule has 1 N–H and O–H groups in total. The van der Waals surface area contributed by atoms with Gasteiger partial charge < -0.3 is 14.3 Å². The standard InChI is InChI=1S/C40H25N3O/c1-2-10-24(11-3-1)27-14-4-5-15-28(27)39-40(42-30-17-7-6-16-29(30)41-39)43-31-22-20-25-12-8-18-33-35(25)37(31)38-32(43)23-21-26-13-9-19-34(44-33)36(26)38/h1-23,40,42H. The second kappa shape index (κ2) is 8.82. The highest BCUT2D eigenvalue weighted by Gasteiger charge is 2.31. The first-order valence-corrected chi connectivity index (χ1v) is 15.0. The fraction of sp³-hybridized carbons (Fsp3) is 0.0250. The zero-order valence-corrected chi connectivity index (χ0v) is 23.7. The summed E-state index contributed by atoms with van der Waals surface area (Å²) in [6.45, 7) is 0. The molecule has 0 radical (unpaired) electrons. The summed E-state index contributed by atoms with van der Waals surface area (Å²) in [5.41, 5.74) is 10.5. The highest BCUT2D eigenvalue weighted by Crippen LogP contribution is 2.46. The molecule has 0 saturated heterocycles. The molecule has 1 atom stereocenters. The summed E-state index contributed by atoms with van der Waals surface area (Å²) in [5, 5.41) is 11.0. The number of aliphatic imine (C=N–C) groups is 1. The van der Waals surface area contributed by atoms with Crippen LogP contribution in [-0.4, -0.2) is 10.3 Å². The van der Waals surface area contributed by atoms with Gasteiger partial charge in [-0.15, -0.1) is 0 Å². The second-order valence-corrected chi connectivity index (χ2v) is 11.6. The molecule has 1 aliphatic heterocycles. The molecule has 206 valence electrons. The van der Waals surface area contributed by atoms with E-state index in [1.54, 1.807) is 0 Å². The summed E-state index contributed by atoms with van der Waals surface area (Å²) in [6.07, 6.45) is -0.260. The van der Waals surface area contributed by atoms with Gasteiger partial charge in [0.15, 0.2) is 0 Å². The molecule has 10 rings (SSSR count). The van der Waals surface area contributed by atoms with Crippen molar-refractivity contribution in [1.82, 2.24) is 4.57 Å². The number of rotatable bonds is 3. The smallest absolute Gasteiger partial charge is 0.148 e. The minimum atomic E-state index is -0.260. The van der Waals surface area contributed by atoms with Crippen LogP contribution in [0.2, 0.25) is 0 Å². The minimum absolute atomic E-state index is 0.260. The molecule has 0 bridgehead atoms. The lowest BCUT2D eigenvalue weighted by Gasteiger charge is -2.31. The van der Waals surface area contributed by atoms with Crippen LogP contribution in [0.5, 0.6) is 0 Å². The molecule has 9 aromatic rings. The van der Waals surface area contributed by atoms with Crippen LogP contribution >= 0.6 is 0 Å². The lowest BCUT2D eigenvalue weighted by Crippen LogP contribution is -2.30. The van der Waals surface area contributed by atoms with Gasteiger partial charge in [0, 0.05) is 27.1 Å².